The third-order valence-electron chi connectivity index (χ3n) is 2.79. The monoisotopic (exact) mass is 208 g/mol. The number of nitrogens with zero attached hydrogens (tertiary/aromatic N) is 1. The summed E-state index contributed by atoms with van der Waals surface area (Å²) in [4.78, 5) is 4.12. The van der Waals surface area contributed by atoms with Crippen LogP contribution in [0, 0.1) is 0 Å². The Balaban J connectivity index is 2.26. The molecular formula is C11H16N2O2. The minimum atomic E-state index is -0.403. The smallest absolute Gasteiger partial charge is 0.137 e. The van der Waals surface area contributed by atoms with Gasteiger partial charge in [0, 0.05) is 12.8 Å². The average molecular weight is 208 g/mol. The number of pyridine rings is 1. The Morgan fingerprint density at radius 2 is 2.40 bits per heavy atom. The second-order valence-corrected chi connectivity index (χ2v) is 3.93. The van der Waals surface area contributed by atoms with Gasteiger partial charge in [0.25, 0.3) is 0 Å². The minimum absolute atomic E-state index is 0.403. The summed E-state index contributed by atoms with van der Waals surface area (Å²) in [6, 6.07) is 1.93. The number of ether oxygens (including phenoxy) is 2. The van der Waals surface area contributed by atoms with Gasteiger partial charge in [-0.3, -0.25) is 4.98 Å². The number of rotatable bonds is 2. The molecule has 0 saturated carbocycles. The molecule has 1 saturated heterocycles. The van der Waals surface area contributed by atoms with Crippen molar-refractivity contribution in [3.8, 4) is 5.75 Å². The Bertz CT molecular complexity index is 335. The van der Waals surface area contributed by atoms with E-state index in [-0.39, 0.29) is 0 Å². The SMILES string of the molecule is COc1cncc(C2(N)CCCOC2)c1. The molecule has 82 valence electrons. The maximum absolute atomic E-state index is 6.28. The normalized spacial score (nSPS) is 26.3. The molecule has 0 aromatic carbocycles. The fourth-order valence-electron chi connectivity index (χ4n) is 1.85. The van der Waals surface area contributed by atoms with E-state index in [0.29, 0.717) is 6.61 Å². The molecule has 1 aromatic rings. The summed E-state index contributed by atoms with van der Waals surface area (Å²) in [6.07, 6.45) is 5.39. The van der Waals surface area contributed by atoms with Crippen LogP contribution in [0.3, 0.4) is 0 Å². The maximum Gasteiger partial charge on any atom is 0.137 e. The summed E-state index contributed by atoms with van der Waals surface area (Å²) < 4.78 is 10.6. The lowest BCUT2D eigenvalue weighted by molar-refractivity contribution is 0.0364. The molecule has 1 atom stereocenters. The summed E-state index contributed by atoms with van der Waals surface area (Å²) in [6.45, 7) is 1.36. The van der Waals surface area contributed by atoms with Gasteiger partial charge in [0.1, 0.15) is 5.75 Å². The zero-order chi connectivity index (χ0) is 10.7. The average Bonchev–Trinajstić information content (AvgIpc) is 2.30. The third kappa shape index (κ3) is 2.11. The van der Waals surface area contributed by atoms with E-state index >= 15 is 0 Å². The molecule has 1 fully saturated rings. The number of nitrogens with two attached hydrogens (primary N) is 1. The molecule has 0 aliphatic carbocycles. The van der Waals surface area contributed by atoms with Gasteiger partial charge in [-0.05, 0) is 24.5 Å². The first-order chi connectivity index (χ1) is 7.24. The van der Waals surface area contributed by atoms with Crippen LogP contribution in [0.1, 0.15) is 18.4 Å². The molecule has 0 bridgehead atoms. The molecule has 0 radical (unpaired) electrons. The number of aromatic nitrogens is 1. The molecule has 4 nitrogen and oxygen atoms in total. The van der Waals surface area contributed by atoms with Crippen molar-refractivity contribution in [1.82, 2.24) is 4.98 Å². The van der Waals surface area contributed by atoms with Crippen LogP contribution in [0.25, 0.3) is 0 Å². The summed E-state index contributed by atoms with van der Waals surface area (Å²) in [5.74, 6) is 0.739. The predicted octanol–water partition coefficient (Wildman–Crippen LogP) is 1.05. The van der Waals surface area contributed by atoms with Gasteiger partial charge < -0.3 is 15.2 Å². The highest BCUT2D eigenvalue weighted by Gasteiger charge is 2.30. The van der Waals surface area contributed by atoms with Crippen LogP contribution in [0.2, 0.25) is 0 Å². The molecule has 4 heteroatoms. The molecule has 1 unspecified atom stereocenters. The summed E-state index contributed by atoms with van der Waals surface area (Å²) in [5.41, 5.74) is 6.87. The topological polar surface area (TPSA) is 57.4 Å². The van der Waals surface area contributed by atoms with E-state index in [0.717, 1.165) is 30.8 Å². The molecule has 1 aliphatic heterocycles. The Morgan fingerprint density at radius 1 is 1.53 bits per heavy atom. The van der Waals surface area contributed by atoms with Gasteiger partial charge in [-0.25, -0.2) is 0 Å². The van der Waals surface area contributed by atoms with Gasteiger partial charge in [0.2, 0.25) is 0 Å². The van der Waals surface area contributed by atoms with Gasteiger partial charge in [-0.2, -0.15) is 0 Å². The summed E-state index contributed by atoms with van der Waals surface area (Å²) in [5, 5.41) is 0. The van der Waals surface area contributed by atoms with Crippen molar-refractivity contribution >= 4 is 0 Å². The fourth-order valence-corrected chi connectivity index (χ4v) is 1.85. The van der Waals surface area contributed by atoms with Crippen LogP contribution >= 0.6 is 0 Å². The van der Waals surface area contributed by atoms with Crippen molar-refractivity contribution in [2.45, 2.75) is 18.4 Å². The molecule has 1 aliphatic rings. The van der Waals surface area contributed by atoms with Crippen LogP contribution in [-0.4, -0.2) is 25.3 Å². The van der Waals surface area contributed by atoms with Gasteiger partial charge >= 0.3 is 0 Å². The van der Waals surface area contributed by atoms with Gasteiger partial charge in [0.15, 0.2) is 0 Å². The van der Waals surface area contributed by atoms with E-state index in [4.69, 9.17) is 15.2 Å². The van der Waals surface area contributed by atoms with Crippen LogP contribution in [0.4, 0.5) is 0 Å². The molecule has 2 heterocycles. The lowest BCUT2D eigenvalue weighted by Gasteiger charge is -2.33. The van der Waals surface area contributed by atoms with Crippen molar-refractivity contribution in [2.75, 3.05) is 20.3 Å². The van der Waals surface area contributed by atoms with Crippen molar-refractivity contribution in [3.05, 3.63) is 24.0 Å². The van der Waals surface area contributed by atoms with E-state index in [1.807, 2.05) is 6.07 Å². The van der Waals surface area contributed by atoms with Crippen molar-refractivity contribution in [3.63, 3.8) is 0 Å². The highest BCUT2D eigenvalue weighted by molar-refractivity contribution is 5.29. The Kier molecular flexibility index (Phi) is 2.88. The van der Waals surface area contributed by atoms with Crippen LogP contribution in [-0.2, 0) is 10.3 Å². The molecule has 0 spiro atoms. The highest BCUT2D eigenvalue weighted by Crippen LogP contribution is 2.28. The second kappa shape index (κ2) is 4.16. The Morgan fingerprint density at radius 3 is 3.07 bits per heavy atom. The zero-order valence-electron chi connectivity index (χ0n) is 8.90. The first-order valence-electron chi connectivity index (χ1n) is 5.11. The molecule has 15 heavy (non-hydrogen) atoms. The van der Waals surface area contributed by atoms with Crippen LogP contribution in [0.5, 0.6) is 5.75 Å². The van der Waals surface area contributed by atoms with E-state index in [1.165, 1.54) is 0 Å². The fraction of sp³-hybridized carbons (Fsp3) is 0.545. The number of hydrogen-bond donors (Lipinski definition) is 1. The van der Waals surface area contributed by atoms with E-state index in [9.17, 15) is 0 Å². The summed E-state index contributed by atoms with van der Waals surface area (Å²) in [7, 11) is 1.63. The standard InChI is InChI=1S/C11H16N2O2/c1-14-10-5-9(6-13-7-10)11(12)3-2-4-15-8-11/h5-7H,2-4,8,12H2,1H3. The largest absolute Gasteiger partial charge is 0.495 e. The zero-order valence-corrected chi connectivity index (χ0v) is 8.90. The molecular weight excluding hydrogens is 192 g/mol. The highest BCUT2D eigenvalue weighted by atomic mass is 16.5. The molecule has 0 amide bonds. The Hall–Kier alpha value is -1.13. The van der Waals surface area contributed by atoms with Crippen molar-refractivity contribution < 1.29 is 9.47 Å². The van der Waals surface area contributed by atoms with Crippen molar-refractivity contribution in [2.24, 2.45) is 5.73 Å². The van der Waals surface area contributed by atoms with Gasteiger partial charge in [-0.15, -0.1) is 0 Å². The van der Waals surface area contributed by atoms with Gasteiger partial charge in [-0.1, -0.05) is 0 Å². The lowest BCUT2D eigenvalue weighted by atomic mass is 9.87. The van der Waals surface area contributed by atoms with Crippen LogP contribution in [0.15, 0.2) is 18.5 Å². The summed E-state index contributed by atoms with van der Waals surface area (Å²) >= 11 is 0. The second-order valence-electron chi connectivity index (χ2n) is 3.93. The lowest BCUT2D eigenvalue weighted by Crippen LogP contribution is -2.44. The minimum Gasteiger partial charge on any atom is -0.495 e. The third-order valence-corrected chi connectivity index (χ3v) is 2.79. The maximum atomic E-state index is 6.28. The number of hydrogen-bond acceptors (Lipinski definition) is 4. The van der Waals surface area contributed by atoms with E-state index in [2.05, 4.69) is 4.98 Å². The first-order valence-corrected chi connectivity index (χ1v) is 5.11. The van der Waals surface area contributed by atoms with Crippen molar-refractivity contribution in [1.29, 1.82) is 0 Å². The predicted molar refractivity (Wildman–Crippen MR) is 56.7 cm³/mol. The first kappa shape index (κ1) is 10.4. The van der Waals surface area contributed by atoms with E-state index in [1.54, 1.807) is 19.5 Å². The van der Waals surface area contributed by atoms with Crippen LogP contribution < -0.4 is 10.5 Å². The van der Waals surface area contributed by atoms with E-state index < -0.39 is 5.54 Å². The quantitative estimate of drug-likeness (QED) is 0.789. The molecule has 2 rings (SSSR count). The number of methoxy groups -OCH3 is 1. The van der Waals surface area contributed by atoms with Gasteiger partial charge in [0.05, 0.1) is 25.5 Å². The molecule has 2 N–H and O–H groups in total. The Labute approximate surface area is 89.4 Å². The molecule has 1 aromatic heterocycles.